The minimum atomic E-state index is 0.271. The van der Waals surface area contributed by atoms with Gasteiger partial charge in [-0.3, -0.25) is 4.98 Å². The Labute approximate surface area is 160 Å². The first-order valence-electron chi connectivity index (χ1n) is 8.55. The lowest BCUT2D eigenvalue weighted by Gasteiger charge is -2.12. The Hall–Kier alpha value is -4.25. The molecule has 0 bridgehead atoms. The van der Waals surface area contributed by atoms with Crippen molar-refractivity contribution in [3.8, 4) is 17.3 Å². The van der Waals surface area contributed by atoms with Crippen molar-refractivity contribution in [3.05, 3.63) is 66.3 Å². The second kappa shape index (κ2) is 7.17. The van der Waals surface area contributed by atoms with Gasteiger partial charge in [0.15, 0.2) is 5.82 Å². The molecule has 0 atom stereocenters. The van der Waals surface area contributed by atoms with E-state index in [0.29, 0.717) is 34.2 Å². The van der Waals surface area contributed by atoms with Gasteiger partial charge in [0.25, 0.3) is 0 Å². The Morgan fingerprint density at radius 1 is 1.21 bits per heavy atom. The third-order valence-electron chi connectivity index (χ3n) is 4.20. The number of benzene rings is 1. The van der Waals surface area contributed by atoms with Crippen LogP contribution in [0.25, 0.3) is 28.0 Å². The molecule has 0 spiro atoms. The molecule has 0 aliphatic rings. The van der Waals surface area contributed by atoms with Gasteiger partial charge in [0, 0.05) is 18.0 Å². The Morgan fingerprint density at radius 3 is 2.86 bits per heavy atom. The van der Waals surface area contributed by atoms with Crippen LogP contribution in [0.5, 0.6) is 0 Å². The predicted molar refractivity (Wildman–Crippen MR) is 108 cm³/mol. The van der Waals surface area contributed by atoms with Crippen molar-refractivity contribution >= 4 is 28.5 Å². The number of para-hydroxylation sites is 2. The van der Waals surface area contributed by atoms with Crippen molar-refractivity contribution in [1.82, 2.24) is 24.9 Å². The Kier molecular flexibility index (Phi) is 4.40. The average Bonchev–Trinajstić information content (AvgIpc) is 3.15. The fourth-order valence-corrected chi connectivity index (χ4v) is 2.84. The van der Waals surface area contributed by atoms with Gasteiger partial charge in [0.1, 0.15) is 11.8 Å². The number of H-pyrrole nitrogens is 1. The summed E-state index contributed by atoms with van der Waals surface area (Å²) in [7, 11) is 0. The van der Waals surface area contributed by atoms with E-state index in [1.165, 1.54) is 6.20 Å². The highest BCUT2D eigenvalue weighted by Crippen LogP contribution is 2.26. The van der Waals surface area contributed by atoms with Crippen LogP contribution in [0.15, 0.2) is 55.0 Å². The molecule has 0 saturated heterocycles. The highest BCUT2D eigenvalue weighted by Gasteiger charge is 2.14. The number of nitrogens with two attached hydrogens (primary N) is 1. The fraction of sp³-hybridized carbons (Fsp3) is 0.0500. The second-order valence-corrected chi connectivity index (χ2v) is 5.95. The smallest absolute Gasteiger partial charge is 0.205 e. The first-order chi connectivity index (χ1) is 13.7. The fourth-order valence-electron chi connectivity index (χ4n) is 2.84. The normalized spacial score (nSPS) is 11.4. The van der Waals surface area contributed by atoms with E-state index in [4.69, 9.17) is 5.73 Å². The molecule has 0 radical (unpaired) electrons. The SMILES string of the molecule is C/C=C(/Nc1nc2ccccc2[nH]1)c1nc(-c2ccncc2C#N)cnc1N. The molecule has 0 fully saturated rings. The minimum Gasteiger partial charge on any atom is -0.382 e. The Bertz CT molecular complexity index is 1200. The summed E-state index contributed by atoms with van der Waals surface area (Å²) < 4.78 is 0. The zero-order valence-electron chi connectivity index (χ0n) is 15.0. The van der Waals surface area contributed by atoms with Crippen molar-refractivity contribution in [1.29, 1.82) is 5.26 Å². The Morgan fingerprint density at radius 2 is 2.07 bits per heavy atom. The Balaban J connectivity index is 1.73. The number of aromatic amines is 1. The molecule has 0 unspecified atom stereocenters. The molecule has 4 rings (SSSR count). The van der Waals surface area contributed by atoms with Gasteiger partial charge in [-0.15, -0.1) is 0 Å². The number of rotatable bonds is 4. The molecular weight excluding hydrogens is 352 g/mol. The van der Waals surface area contributed by atoms with E-state index in [1.54, 1.807) is 18.5 Å². The number of aromatic nitrogens is 5. The highest BCUT2D eigenvalue weighted by atomic mass is 15.1. The standard InChI is InChI=1S/C20H16N8/c1-2-14(26-20-27-15-5-3-4-6-16(15)28-20)18-19(22)24-11-17(25-18)13-7-8-23-10-12(13)9-21/h2-8,10-11H,1H3,(H2,22,24)(H2,26,27,28)/b14-2+. The zero-order chi connectivity index (χ0) is 19.5. The number of nitrogens with one attached hydrogen (secondary N) is 2. The molecule has 136 valence electrons. The van der Waals surface area contributed by atoms with Gasteiger partial charge in [-0.05, 0) is 25.1 Å². The molecule has 3 aromatic heterocycles. The number of nitrogens with zero attached hydrogens (tertiary/aromatic N) is 5. The number of pyridine rings is 1. The third-order valence-corrected chi connectivity index (χ3v) is 4.20. The van der Waals surface area contributed by atoms with Crippen molar-refractivity contribution in [3.63, 3.8) is 0 Å². The van der Waals surface area contributed by atoms with Crippen molar-refractivity contribution in [2.24, 2.45) is 0 Å². The maximum absolute atomic E-state index is 9.32. The number of allylic oxidation sites excluding steroid dienone is 1. The van der Waals surface area contributed by atoms with Crippen LogP contribution in [0.4, 0.5) is 11.8 Å². The summed E-state index contributed by atoms with van der Waals surface area (Å²) in [4.78, 5) is 20.6. The van der Waals surface area contributed by atoms with Crippen LogP contribution in [-0.4, -0.2) is 24.9 Å². The first-order valence-corrected chi connectivity index (χ1v) is 8.55. The van der Waals surface area contributed by atoms with Crippen LogP contribution in [0.2, 0.25) is 0 Å². The molecule has 4 aromatic rings. The summed E-state index contributed by atoms with van der Waals surface area (Å²) in [5.41, 5.74) is 10.6. The second-order valence-electron chi connectivity index (χ2n) is 5.95. The maximum Gasteiger partial charge on any atom is 0.205 e. The molecule has 8 heteroatoms. The summed E-state index contributed by atoms with van der Waals surface area (Å²) >= 11 is 0. The number of fused-ring (bicyclic) bond motifs is 1. The minimum absolute atomic E-state index is 0.271. The van der Waals surface area contributed by atoms with E-state index in [9.17, 15) is 5.26 Å². The molecular formula is C20H16N8. The molecule has 0 amide bonds. The van der Waals surface area contributed by atoms with E-state index in [-0.39, 0.29) is 5.82 Å². The van der Waals surface area contributed by atoms with Crippen molar-refractivity contribution < 1.29 is 0 Å². The quantitative estimate of drug-likeness (QED) is 0.504. The topological polar surface area (TPSA) is 129 Å². The predicted octanol–water partition coefficient (Wildman–Crippen LogP) is 3.34. The lowest BCUT2D eigenvalue weighted by molar-refractivity contribution is 1.16. The van der Waals surface area contributed by atoms with E-state index in [2.05, 4.69) is 36.3 Å². The molecule has 3 heterocycles. The van der Waals surface area contributed by atoms with E-state index in [1.807, 2.05) is 37.3 Å². The monoisotopic (exact) mass is 368 g/mol. The zero-order valence-corrected chi connectivity index (χ0v) is 15.0. The van der Waals surface area contributed by atoms with Crippen LogP contribution < -0.4 is 11.1 Å². The van der Waals surface area contributed by atoms with Crippen LogP contribution in [0.1, 0.15) is 18.2 Å². The van der Waals surface area contributed by atoms with Gasteiger partial charge in [-0.1, -0.05) is 18.2 Å². The number of hydrogen-bond acceptors (Lipinski definition) is 7. The first kappa shape index (κ1) is 17.2. The average molecular weight is 368 g/mol. The number of nitrogen functional groups attached to an aromatic ring is 1. The van der Waals surface area contributed by atoms with Gasteiger partial charge >= 0.3 is 0 Å². The number of anilines is 2. The summed E-state index contributed by atoms with van der Waals surface area (Å²) in [6.45, 7) is 1.87. The molecule has 0 saturated carbocycles. The van der Waals surface area contributed by atoms with Gasteiger partial charge < -0.3 is 16.0 Å². The summed E-state index contributed by atoms with van der Waals surface area (Å²) in [6, 6.07) is 11.6. The highest BCUT2D eigenvalue weighted by molar-refractivity contribution is 5.83. The lowest BCUT2D eigenvalue weighted by atomic mass is 10.1. The third kappa shape index (κ3) is 3.12. The largest absolute Gasteiger partial charge is 0.382 e. The molecule has 0 aliphatic heterocycles. The molecule has 0 aliphatic carbocycles. The molecule has 28 heavy (non-hydrogen) atoms. The maximum atomic E-state index is 9.32. The van der Waals surface area contributed by atoms with E-state index in [0.717, 1.165) is 11.0 Å². The van der Waals surface area contributed by atoms with Crippen molar-refractivity contribution in [2.75, 3.05) is 11.1 Å². The summed E-state index contributed by atoms with van der Waals surface area (Å²) in [6.07, 6.45) is 6.49. The molecule has 4 N–H and O–H groups in total. The van der Waals surface area contributed by atoms with Crippen molar-refractivity contribution in [2.45, 2.75) is 6.92 Å². The molecule has 8 nitrogen and oxygen atoms in total. The van der Waals surface area contributed by atoms with Gasteiger partial charge in [0.05, 0.1) is 34.2 Å². The van der Waals surface area contributed by atoms with Gasteiger partial charge in [0.2, 0.25) is 5.95 Å². The van der Waals surface area contributed by atoms with Crippen LogP contribution >= 0.6 is 0 Å². The number of imidazole rings is 1. The van der Waals surface area contributed by atoms with Crippen LogP contribution in [0.3, 0.4) is 0 Å². The summed E-state index contributed by atoms with van der Waals surface area (Å²) in [5, 5.41) is 12.5. The van der Waals surface area contributed by atoms with Crippen LogP contribution in [0, 0.1) is 11.3 Å². The van der Waals surface area contributed by atoms with Gasteiger partial charge in [-0.2, -0.15) is 5.26 Å². The number of nitriles is 1. The lowest BCUT2D eigenvalue weighted by Crippen LogP contribution is -2.08. The summed E-state index contributed by atoms with van der Waals surface area (Å²) in [5.74, 6) is 0.843. The van der Waals surface area contributed by atoms with Crippen LogP contribution in [-0.2, 0) is 0 Å². The van der Waals surface area contributed by atoms with E-state index >= 15 is 0 Å². The molecule has 1 aromatic carbocycles. The number of hydrogen-bond donors (Lipinski definition) is 3. The van der Waals surface area contributed by atoms with E-state index < -0.39 is 0 Å². The van der Waals surface area contributed by atoms with Gasteiger partial charge in [-0.25, -0.2) is 15.0 Å².